The molecule has 0 radical (unpaired) electrons. The van der Waals surface area contributed by atoms with Gasteiger partial charge in [0.2, 0.25) is 11.2 Å². The van der Waals surface area contributed by atoms with Crippen LogP contribution < -0.4 is 4.74 Å². The van der Waals surface area contributed by atoms with E-state index in [1.54, 1.807) is 11.3 Å². The summed E-state index contributed by atoms with van der Waals surface area (Å²) in [5.74, 6) is 0.607. The molecule has 1 aliphatic heterocycles. The molecule has 1 saturated heterocycles. The molecule has 0 spiro atoms. The first-order valence-corrected chi connectivity index (χ1v) is 7.73. The summed E-state index contributed by atoms with van der Waals surface area (Å²) in [5, 5.41) is 3.18. The van der Waals surface area contributed by atoms with Gasteiger partial charge in [-0.25, -0.2) is 4.98 Å². The van der Waals surface area contributed by atoms with E-state index >= 15 is 0 Å². The molecular formula is C13H16ClN3OS. The maximum absolute atomic E-state index is 5.92. The molecule has 0 saturated carbocycles. The Kier molecular flexibility index (Phi) is 3.86. The highest BCUT2D eigenvalue weighted by Crippen LogP contribution is 2.28. The lowest BCUT2D eigenvalue weighted by Gasteiger charge is -2.31. The summed E-state index contributed by atoms with van der Waals surface area (Å²) in [6.07, 6.45) is 3.74. The lowest BCUT2D eigenvalue weighted by atomic mass is 10.0. The number of halogens is 1. The summed E-state index contributed by atoms with van der Waals surface area (Å²) in [7, 11) is 2.15. The number of hydrogen-bond donors (Lipinski definition) is 0. The third-order valence-electron chi connectivity index (χ3n) is 3.60. The van der Waals surface area contributed by atoms with Crippen molar-refractivity contribution in [2.45, 2.75) is 25.3 Å². The minimum atomic E-state index is 0.252. The molecule has 0 N–H and O–H groups in total. The van der Waals surface area contributed by atoms with Crippen LogP contribution in [0.5, 0.6) is 5.88 Å². The van der Waals surface area contributed by atoms with Crippen molar-refractivity contribution in [1.82, 2.24) is 14.9 Å². The zero-order valence-electron chi connectivity index (χ0n) is 10.8. The quantitative estimate of drug-likeness (QED) is 0.816. The van der Waals surface area contributed by atoms with Crippen LogP contribution in [0.1, 0.15) is 19.3 Å². The lowest BCUT2D eigenvalue weighted by Crippen LogP contribution is -2.40. The van der Waals surface area contributed by atoms with Gasteiger partial charge in [-0.2, -0.15) is 4.98 Å². The molecule has 1 fully saturated rings. The van der Waals surface area contributed by atoms with Crippen LogP contribution in [0, 0.1) is 0 Å². The van der Waals surface area contributed by atoms with Crippen LogP contribution in [-0.4, -0.2) is 41.1 Å². The molecule has 4 nitrogen and oxygen atoms in total. The SMILES string of the molecule is CN1CCCCC1COc1nc(Cl)nc2sccc12. The van der Waals surface area contributed by atoms with E-state index in [0.29, 0.717) is 18.5 Å². The molecule has 0 aliphatic carbocycles. The summed E-state index contributed by atoms with van der Waals surface area (Å²) < 4.78 is 5.90. The van der Waals surface area contributed by atoms with Gasteiger partial charge in [0, 0.05) is 6.04 Å². The molecule has 19 heavy (non-hydrogen) atoms. The predicted octanol–water partition coefficient (Wildman–Crippen LogP) is 3.21. The fourth-order valence-corrected chi connectivity index (χ4v) is 3.41. The van der Waals surface area contributed by atoms with Crippen molar-refractivity contribution in [1.29, 1.82) is 0 Å². The van der Waals surface area contributed by atoms with Crippen molar-refractivity contribution in [3.05, 3.63) is 16.7 Å². The Morgan fingerprint density at radius 1 is 1.47 bits per heavy atom. The molecule has 1 atom stereocenters. The van der Waals surface area contributed by atoms with Crippen LogP contribution in [0.25, 0.3) is 10.2 Å². The normalized spacial score (nSPS) is 20.8. The number of fused-ring (bicyclic) bond motifs is 1. The third kappa shape index (κ3) is 2.83. The van der Waals surface area contributed by atoms with E-state index in [1.807, 2.05) is 11.4 Å². The average molecular weight is 298 g/mol. The number of hydrogen-bond acceptors (Lipinski definition) is 5. The summed E-state index contributed by atoms with van der Waals surface area (Å²) in [4.78, 5) is 11.6. The van der Waals surface area contributed by atoms with Crippen LogP contribution >= 0.6 is 22.9 Å². The summed E-state index contributed by atoms with van der Waals surface area (Å²) in [6.45, 7) is 1.81. The second-order valence-electron chi connectivity index (χ2n) is 4.88. The Balaban J connectivity index is 1.75. The number of piperidine rings is 1. The Hall–Kier alpha value is -0.910. The fourth-order valence-electron chi connectivity index (χ4n) is 2.44. The maximum Gasteiger partial charge on any atom is 0.227 e. The molecule has 0 amide bonds. The van der Waals surface area contributed by atoms with Gasteiger partial charge >= 0.3 is 0 Å². The molecule has 2 aromatic rings. The van der Waals surface area contributed by atoms with Gasteiger partial charge in [0.05, 0.1) is 5.39 Å². The van der Waals surface area contributed by atoms with Crippen LogP contribution in [0.3, 0.4) is 0 Å². The highest BCUT2D eigenvalue weighted by Gasteiger charge is 2.20. The number of rotatable bonds is 3. The molecule has 102 valence electrons. The van der Waals surface area contributed by atoms with Crippen molar-refractivity contribution >= 4 is 33.2 Å². The van der Waals surface area contributed by atoms with Crippen molar-refractivity contribution in [3.63, 3.8) is 0 Å². The van der Waals surface area contributed by atoms with Crippen molar-refractivity contribution in [3.8, 4) is 5.88 Å². The van der Waals surface area contributed by atoms with Crippen molar-refractivity contribution in [2.24, 2.45) is 0 Å². The summed E-state index contributed by atoms with van der Waals surface area (Å²) in [6, 6.07) is 2.45. The smallest absolute Gasteiger partial charge is 0.227 e. The van der Waals surface area contributed by atoms with Crippen molar-refractivity contribution < 1.29 is 4.74 Å². The summed E-state index contributed by atoms with van der Waals surface area (Å²) >= 11 is 7.48. The van der Waals surface area contributed by atoms with Gasteiger partial charge < -0.3 is 9.64 Å². The Morgan fingerprint density at radius 2 is 2.37 bits per heavy atom. The number of ether oxygens (including phenoxy) is 1. The van der Waals surface area contributed by atoms with Gasteiger partial charge in [-0.3, -0.25) is 0 Å². The average Bonchev–Trinajstić information content (AvgIpc) is 2.85. The van der Waals surface area contributed by atoms with E-state index in [0.717, 1.165) is 16.8 Å². The van der Waals surface area contributed by atoms with Gasteiger partial charge in [-0.15, -0.1) is 11.3 Å². The number of likely N-dealkylation sites (tertiary alicyclic amines) is 1. The van der Waals surface area contributed by atoms with Crippen LogP contribution in [-0.2, 0) is 0 Å². The van der Waals surface area contributed by atoms with Crippen molar-refractivity contribution in [2.75, 3.05) is 20.2 Å². The van der Waals surface area contributed by atoms with E-state index in [9.17, 15) is 0 Å². The second-order valence-corrected chi connectivity index (χ2v) is 6.11. The molecule has 6 heteroatoms. The van der Waals surface area contributed by atoms with Crippen LogP contribution in [0.15, 0.2) is 11.4 Å². The molecule has 1 unspecified atom stereocenters. The largest absolute Gasteiger partial charge is 0.475 e. The standard InChI is InChI=1S/C13H16ClN3OS/c1-17-6-3-2-4-9(17)8-18-11-10-5-7-19-12(10)16-13(14)15-11/h5,7,9H,2-4,6,8H2,1H3. The van der Waals surface area contributed by atoms with Gasteiger partial charge in [-0.1, -0.05) is 6.42 Å². The predicted molar refractivity (Wildman–Crippen MR) is 78.2 cm³/mol. The fraction of sp³-hybridized carbons (Fsp3) is 0.538. The number of thiophene rings is 1. The molecule has 1 aliphatic rings. The molecule has 3 heterocycles. The van der Waals surface area contributed by atoms with Gasteiger partial charge in [-0.05, 0) is 49.5 Å². The zero-order chi connectivity index (χ0) is 13.2. The molecule has 3 rings (SSSR count). The molecular weight excluding hydrogens is 282 g/mol. The third-order valence-corrected chi connectivity index (χ3v) is 4.57. The van der Waals surface area contributed by atoms with E-state index in [4.69, 9.17) is 16.3 Å². The second kappa shape index (κ2) is 5.61. The molecule has 2 aromatic heterocycles. The van der Waals surface area contributed by atoms with Crippen LogP contribution in [0.4, 0.5) is 0 Å². The van der Waals surface area contributed by atoms with Gasteiger partial charge in [0.25, 0.3) is 0 Å². The monoisotopic (exact) mass is 297 g/mol. The van der Waals surface area contributed by atoms with Gasteiger partial charge in [0.15, 0.2) is 0 Å². The van der Waals surface area contributed by atoms with Gasteiger partial charge in [0.1, 0.15) is 11.4 Å². The first-order chi connectivity index (χ1) is 9.24. The molecule has 0 bridgehead atoms. The number of nitrogens with zero attached hydrogens (tertiary/aromatic N) is 3. The topological polar surface area (TPSA) is 38.2 Å². The minimum absolute atomic E-state index is 0.252. The van der Waals surface area contributed by atoms with E-state index in [2.05, 4.69) is 21.9 Å². The zero-order valence-corrected chi connectivity index (χ0v) is 12.4. The summed E-state index contributed by atoms with van der Waals surface area (Å²) in [5.41, 5.74) is 0. The van der Waals surface area contributed by atoms with E-state index < -0.39 is 0 Å². The Bertz CT molecular complexity index is 574. The lowest BCUT2D eigenvalue weighted by molar-refractivity contribution is 0.123. The molecule has 0 aromatic carbocycles. The highest BCUT2D eigenvalue weighted by atomic mass is 35.5. The van der Waals surface area contributed by atoms with Crippen LogP contribution in [0.2, 0.25) is 5.28 Å². The number of likely N-dealkylation sites (N-methyl/N-ethyl adjacent to an activating group) is 1. The highest BCUT2D eigenvalue weighted by molar-refractivity contribution is 7.16. The van der Waals surface area contributed by atoms with E-state index in [1.165, 1.54) is 19.3 Å². The first kappa shape index (κ1) is 13.1. The first-order valence-electron chi connectivity index (χ1n) is 6.48. The van der Waals surface area contributed by atoms with E-state index in [-0.39, 0.29) is 5.28 Å². The number of aromatic nitrogens is 2. The minimum Gasteiger partial charge on any atom is -0.475 e. The maximum atomic E-state index is 5.92. The Labute approximate surface area is 121 Å². The Morgan fingerprint density at radius 3 is 3.21 bits per heavy atom.